The quantitative estimate of drug-likeness (QED) is 0.819. The van der Waals surface area contributed by atoms with E-state index in [-0.39, 0.29) is 5.88 Å². The fourth-order valence-electron chi connectivity index (χ4n) is 1.67. The minimum Gasteiger partial charge on any atom is -0.345 e. The Balaban J connectivity index is 3.02. The standard InChI is InChI=1S/C13H16ClF2NO/c1-3-13(4-2,8-14)17-12(18)11-9(15)6-5-7-10(11)16/h5-7H,3-4,8H2,1-2H3,(H,17,18). The Labute approximate surface area is 110 Å². The van der Waals surface area contributed by atoms with Crippen molar-refractivity contribution in [3.8, 4) is 0 Å². The fraction of sp³-hybridized carbons (Fsp3) is 0.462. The molecule has 1 amide bonds. The molecule has 0 bridgehead atoms. The lowest BCUT2D eigenvalue weighted by Crippen LogP contribution is -2.49. The molecule has 100 valence electrons. The lowest BCUT2D eigenvalue weighted by Gasteiger charge is -2.30. The highest BCUT2D eigenvalue weighted by molar-refractivity contribution is 6.19. The van der Waals surface area contributed by atoms with Crippen molar-refractivity contribution in [3.05, 3.63) is 35.4 Å². The maximum atomic E-state index is 13.5. The number of carbonyl (C=O) groups excluding carboxylic acids is 1. The van der Waals surface area contributed by atoms with Gasteiger partial charge < -0.3 is 5.32 Å². The predicted molar refractivity (Wildman–Crippen MR) is 67.9 cm³/mol. The Hall–Kier alpha value is -1.16. The van der Waals surface area contributed by atoms with Gasteiger partial charge in [0.05, 0.1) is 5.54 Å². The van der Waals surface area contributed by atoms with Gasteiger partial charge in [-0.1, -0.05) is 19.9 Å². The first-order chi connectivity index (χ1) is 8.49. The van der Waals surface area contributed by atoms with E-state index in [2.05, 4.69) is 5.32 Å². The van der Waals surface area contributed by atoms with Crippen LogP contribution in [0.3, 0.4) is 0 Å². The van der Waals surface area contributed by atoms with E-state index in [1.807, 2.05) is 13.8 Å². The van der Waals surface area contributed by atoms with Gasteiger partial charge in [0.15, 0.2) is 0 Å². The maximum absolute atomic E-state index is 13.5. The molecular formula is C13H16ClF2NO. The molecule has 0 aromatic heterocycles. The van der Waals surface area contributed by atoms with Crippen LogP contribution in [0, 0.1) is 11.6 Å². The summed E-state index contributed by atoms with van der Waals surface area (Å²) >= 11 is 5.83. The molecule has 2 nitrogen and oxygen atoms in total. The second kappa shape index (κ2) is 6.14. The zero-order valence-electron chi connectivity index (χ0n) is 10.4. The van der Waals surface area contributed by atoms with Gasteiger partial charge in [-0.25, -0.2) is 8.78 Å². The molecule has 1 rings (SSSR count). The van der Waals surface area contributed by atoms with Crippen LogP contribution in [0.2, 0.25) is 0 Å². The number of nitrogens with one attached hydrogen (secondary N) is 1. The van der Waals surface area contributed by atoms with Crippen LogP contribution in [0.5, 0.6) is 0 Å². The van der Waals surface area contributed by atoms with Gasteiger partial charge in [0.2, 0.25) is 0 Å². The van der Waals surface area contributed by atoms with Gasteiger partial charge in [-0.05, 0) is 25.0 Å². The lowest BCUT2D eigenvalue weighted by atomic mass is 9.94. The zero-order chi connectivity index (χ0) is 13.8. The fourth-order valence-corrected chi connectivity index (χ4v) is 2.11. The monoisotopic (exact) mass is 275 g/mol. The topological polar surface area (TPSA) is 29.1 Å². The number of hydrogen-bond acceptors (Lipinski definition) is 1. The summed E-state index contributed by atoms with van der Waals surface area (Å²) in [7, 11) is 0. The average Bonchev–Trinajstić information content (AvgIpc) is 2.36. The third-order valence-electron chi connectivity index (χ3n) is 3.18. The minimum absolute atomic E-state index is 0.196. The van der Waals surface area contributed by atoms with Crippen molar-refractivity contribution in [3.63, 3.8) is 0 Å². The molecule has 0 atom stereocenters. The van der Waals surface area contributed by atoms with E-state index in [0.29, 0.717) is 12.8 Å². The first kappa shape index (κ1) is 14.9. The number of rotatable bonds is 5. The van der Waals surface area contributed by atoms with Crippen molar-refractivity contribution < 1.29 is 13.6 Å². The molecule has 1 aromatic rings. The third-order valence-corrected chi connectivity index (χ3v) is 3.69. The van der Waals surface area contributed by atoms with Gasteiger partial charge in [-0.15, -0.1) is 11.6 Å². The van der Waals surface area contributed by atoms with Crippen molar-refractivity contribution in [1.29, 1.82) is 0 Å². The van der Waals surface area contributed by atoms with E-state index in [0.717, 1.165) is 12.1 Å². The first-order valence-electron chi connectivity index (χ1n) is 5.82. The lowest BCUT2D eigenvalue weighted by molar-refractivity contribution is 0.0894. The molecule has 0 aliphatic rings. The van der Waals surface area contributed by atoms with E-state index >= 15 is 0 Å². The number of amides is 1. The molecule has 0 saturated heterocycles. The summed E-state index contributed by atoms with van der Waals surface area (Å²) in [5.74, 6) is -2.32. The summed E-state index contributed by atoms with van der Waals surface area (Å²) in [5.41, 5.74) is -1.19. The summed E-state index contributed by atoms with van der Waals surface area (Å²) in [6.45, 7) is 3.73. The van der Waals surface area contributed by atoms with Crippen LogP contribution in [0.25, 0.3) is 0 Å². The molecule has 0 saturated carbocycles. The molecule has 0 aliphatic carbocycles. The Bertz CT molecular complexity index is 404. The average molecular weight is 276 g/mol. The molecule has 0 fully saturated rings. The van der Waals surface area contributed by atoms with Gasteiger partial charge in [-0.3, -0.25) is 4.79 Å². The van der Waals surface area contributed by atoms with Crippen LogP contribution in [-0.4, -0.2) is 17.3 Å². The molecule has 1 aromatic carbocycles. The van der Waals surface area contributed by atoms with Crippen LogP contribution in [-0.2, 0) is 0 Å². The highest BCUT2D eigenvalue weighted by Gasteiger charge is 2.29. The van der Waals surface area contributed by atoms with Gasteiger partial charge in [0.25, 0.3) is 5.91 Å². The Morgan fingerprint density at radius 1 is 1.28 bits per heavy atom. The molecule has 0 heterocycles. The van der Waals surface area contributed by atoms with Crippen molar-refractivity contribution in [2.75, 3.05) is 5.88 Å². The number of alkyl halides is 1. The van der Waals surface area contributed by atoms with Crippen LogP contribution in [0.4, 0.5) is 8.78 Å². The van der Waals surface area contributed by atoms with Crippen LogP contribution >= 0.6 is 11.6 Å². The first-order valence-corrected chi connectivity index (χ1v) is 6.35. The highest BCUT2D eigenvalue weighted by atomic mass is 35.5. The number of hydrogen-bond donors (Lipinski definition) is 1. The van der Waals surface area contributed by atoms with Crippen LogP contribution < -0.4 is 5.32 Å². The zero-order valence-corrected chi connectivity index (χ0v) is 11.2. The molecular weight excluding hydrogens is 260 g/mol. The normalized spacial score (nSPS) is 11.4. The predicted octanol–water partition coefficient (Wildman–Crippen LogP) is 3.49. The molecule has 1 N–H and O–H groups in total. The minimum atomic E-state index is -0.872. The molecule has 0 aliphatic heterocycles. The molecule has 5 heteroatoms. The van der Waals surface area contributed by atoms with E-state index in [1.165, 1.54) is 6.07 Å². The van der Waals surface area contributed by atoms with E-state index in [1.54, 1.807) is 0 Å². The second-order valence-corrected chi connectivity index (χ2v) is 4.44. The van der Waals surface area contributed by atoms with Crippen molar-refractivity contribution in [2.45, 2.75) is 32.2 Å². The van der Waals surface area contributed by atoms with Crippen molar-refractivity contribution in [1.82, 2.24) is 5.32 Å². The van der Waals surface area contributed by atoms with E-state index < -0.39 is 28.6 Å². The molecule has 0 spiro atoms. The summed E-state index contributed by atoms with van der Waals surface area (Å²) in [6, 6.07) is 3.33. The summed E-state index contributed by atoms with van der Waals surface area (Å²) in [5, 5.41) is 2.63. The summed E-state index contributed by atoms with van der Waals surface area (Å²) < 4.78 is 26.9. The van der Waals surface area contributed by atoms with E-state index in [4.69, 9.17) is 11.6 Å². The Morgan fingerprint density at radius 3 is 2.17 bits per heavy atom. The SMILES string of the molecule is CCC(CC)(CCl)NC(=O)c1c(F)cccc1F. The number of benzene rings is 1. The van der Waals surface area contributed by atoms with Crippen molar-refractivity contribution in [2.24, 2.45) is 0 Å². The molecule has 0 radical (unpaired) electrons. The van der Waals surface area contributed by atoms with E-state index in [9.17, 15) is 13.6 Å². The summed E-state index contributed by atoms with van der Waals surface area (Å²) in [6.07, 6.45) is 1.18. The Morgan fingerprint density at radius 2 is 1.78 bits per heavy atom. The molecule has 0 unspecified atom stereocenters. The van der Waals surface area contributed by atoms with Crippen LogP contribution in [0.15, 0.2) is 18.2 Å². The number of halogens is 3. The largest absolute Gasteiger partial charge is 0.345 e. The van der Waals surface area contributed by atoms with Gasteiger partial charge in [-0.2, -0.15) is 0 Å². The Kier molecular flexibility index (Phi) is 5.08. The maximum Gasteiger partial charge on any atom is 0.257 e. The van der Waals surface area contributed by atoms with Crippen LogP contribution in [0.1, 0.15) is 37.0 Å². The molecule has 18 heavy (non-hydrogen) atoms. The van der Waals surface area contributed by atoms with Gasteiger partial charge >= 0.3 is 0 Å². The van der Waals surface area contributed by atoms with Gasteiger partial charge in [0, 0.05) is 5.88 Å². The summed E-state index contributed by atoms with van der Waals surface area (Å²) in [4.78, 5) is 11.9. The van der Waals surface area contributed by atoms with Crippen molar-refractivity contribution >= 4 is 17.5 Å². The highest BCUT2D eigenvalue weighted by Crippen LogP contribution is 2.19. The van der Waals surface area contributed by atoms with Gasteiger partial charge in [0.1, 0.15) is 17.2 Å². The second-order valence-electron chi connectivity index (χ2n) is 4.17. The smallest absolute Gasteiger partial charge is 0.257 e. The third kappa shape index (κ3) is 2.99. The number of carbonyl (C=O) groups is 1.